The van der Waals surface area contributed by atoms with E-state index in [9.17, 15) is 22.8 Å². The first kappa shape index (κ1) is 24.4. The summed E-state index contributed by atoms with van der Waals surface area (Å²) in [6.45, 7) is 1.63. The van der Waals surface area contributed by atoms with Crippen molar-refractivity contribution in [1.29, 1.82) is 0 Å². The van der Waals surface area contributed by atoms with Crippen LogP contribution in [0.15, 0.2) is 41.5 Å². The first-order valence-electron chi connectivity index (χ1n) is 8.82. The van der Waals surface area contributed by atoms with Crippen molar-refractivity contribution < 1.29 is 37.0 Å². The van der Waals surface area contributed by atoms with Gasteiger partial charge in [-0.2, -0.15) is 18.3 Å². The van der Waals surface area contributed by atoms with E-state index in [-0.39, 0.29) is 18.8 Å². The van der Waals surface area contributed by atoms with Gasteiger partial charge in [-0.05, 0) is 65.4 Å². The van der Waals surface area contributed by atoms with Crippen LogP contribution in [0.4, 0.5) is 13.2 Å². The van der Waals surface area contributed by atoms with Gasteiger partial charge >= 0.3 is 12.1 Å². The van der Waals surface area contributed by atoms with Gasteiger partial charge in [0.15, 0.2) is 18.1 Å². The number of nitrogens with one attached hydrogen (secondary N) is 1. The molecule has 0 atom stereocenters. The Morgan fingerprint density at radius 3 is 2.61 bits per heavy atom. The molecule has 0 spiro atoms. The smallest absolute Gasteiger partial charge is 0.416 e. The molecular weight excluding hydrogens is 532 g/mol. The second-order valence-electron chi connectivity index (χ2n) is 5.91. The number of ether oxygens (including phenoxy) is 3. The van der Waals surface area contributed by atoms with Crippen LogP contribution in [-0.4, -0.2) is 38.4 Å². The molecule has 0 aliphatic carbocycles. The summed E-state index contributed by atoms with van der Waals surface area (Å²) < 4.78 is 54.5. The molecule has 11 heteroatoms. The zero-order chi connectivity index (χ0) is 23.0. The molecule has 0 heterocycles. The molecule has 0 unspecified atom stereocenters. The van der Waals surface area contributed by atoms with Crippen LogP contribution in [-0.2, 0) is 15.7 Å². The monoisotopic (exact) mass is 550 g/mol. The average Bonchev–Trinajstić information content (AvgIpc) is 2.72. The van der Waals surface area contributed by atoms with E-state index in [4.69, 9.17) is 14.2 Å². The SMILES string of the molecule is CCOC(=O)COc1c(I)cc(/C=N\NC(=O)c2cccc(C(F)(F)F)c2)cc1OC. The molecule has 0 radical (unpaired) electrons. The van der Waals surface area contributed by atoms with Crippen LogP contribution in [0.2, 0.25) is 0 Å². The predicted octanol–water partition coefficient (Wildman–Crippen LogP) is 4.02. The Bertz CT molecular complexity index is 980. The van der Waals surface area contributed by atoms with Gasteiger partial charge in [-0.1, -0.05) is 6.07 Å². The molecule has 0 aromatic heterocycles. The van der Waals surface area contributed by atoms with Gasteiger partial charge in [0, 0.05) is 5.56 Å². The highest BCUT2D eigenvalue weighted by Gasteiger charge is 2.30. The fraction of sp³-hybridized carbons (Fsp3) is 0.250. The van der Waals surface area contributed by atoms with Crippen LogP contribution in [0.3, 0.4) is 0 Å². The third kappa shape index (κ3) is 7.12. The highest BCUT2D eigenvalue weighted by atomic mass is 127. The van der Waals surface area contributed by atoms with E-state index < -0.39 is 23.6 Å². The highest BCUT2D eigenvalue weighted by molar-refractivity contribution is 14.1. The summed E-state index contributed by atoms with van der Waals surface area (Å²) in [7, 11) is 1.42. The molecule has 2 aromatic carbocycles. The Balaban J connectivity index is 2.10. The first-order chi connectivity index (χ1) is 14.7. The number of nitrogens with zero attached hydrogens (tertiary/aromatic N) is 1. The lowest BCUT2D eigenvalue weighted by Gasteiger charge is -2.13. The summed E-state index contributed by atoms with van der Waals surface area (Å²) in [5.41, 5.74) is 1.59. The Kier molecular flexibility index (Phi) is 8.65. The Morgan fingerprint density at radius 1 is 1.23 bits per heavy atom. The summed E-state index contributed by atoms with van der Waals surface area (Å²) in [6, 6.07) is 7.23. The van der Waals surface area contributed by atoms with E-state index in [2.05, 4.69) is 10.5 Å². The second-order valence-corrected chi connectivity index (χ2v) is 7.07. The number of rotatable bonds is 8. The maximum absolute atomic E-state index is 12.8. The largest absolute Gasteiger partial charge is 0.493 e. The van der Waals surface area contributed by atoms with Gasteiger partial charge in [-0.3, -0.25) is 4.79 Å². The number of carbonyl (C=O) groups excluding carboxylic acids is 2. The van der Waals surface area contributed by atoms with Gasteiger partial charge < -0.3 is 14.2 Å². The molecule has 0 saturated heterocycles. The van der Waals surface area contributed by atoms with Crippen LogP contribution >= 0.6 is 22.6 Å². The number of hydrazone groups is 1. The van der Waals surface area contributed by atoms with E-state index in [1.165, 1.54) is 19.4 Å². The average molecular weight is 550 g/mol. The van der Waals surface area contributed by atoms with Crippen LogP contribution in [0.5, 0.6) is 11.5 Å². The third-order valence-corrected chi connectivity index (χ3v) is 4.52. The number of alkyl halides is 3. The number of amides is 1. The number of benzene rings is 2. The number of hydrogen-bond acceptors (Lipinski definition) is 6. The molecule has 0 aliphatic rings. The molecule has 31 heavy (non-hydrogen) atoms. The second kappa shape index (κ2) is 11.0. The van der Waals surface area contributed by atoms with Crippen molar-refractivity contribution in [3.05, 3.63) is 56.7 Å². The molecule has 0 bridgehead atoms. The molecule has 0 fully saturated rings. The lowest BCUT2D eigenvalue weighted by atomic mass is 10.1. The fourth-order valence-corrected chi connectivity index (χ4v) is 3.14. The Labute approximate surface area is 189 Å². The summed E-state index contributed by atoms with van der Waals surface area (Å²) in [6.07, 6.45) is -3.25. The van der Waals surface area contributed by atoms with Crippen molar-refractivity contribution in [3.63, 3.8) is 0 Å². The topological polar surface area (TPSA) is 86.2 Å². The van der Waals surface area contributed by atoms with Crippen LogP contribution in [0.25, 0.3) is 0 Å². The Hall–Kier alpha value is -2.83. The van der Waals surface area contributed by atoms with E-state index in [0.717, 1.165) is 18.2 Å². The van der Waals surface area contributed by atoms with Crippen molar-refractivity contribution in [2.75, 3.05) is 20.3 Å². The van der Waals surface area contributed by atoms with Gasteiger partial charge in [0.05, 0.1) is 29.1 Å². The third-order valence-electron chi connectivity index (χ3n) is 3.72. The van der Waals surface area contributed by atoms with E-state index in [1.807, 2.05) is 22.6 Å². The molecule has 2 aromatic rings. The van der Waals surface area contributed by atoms with Crippen molar-refractivity contribution in [2.45, 2.75) is 13.1 Å². The van der Waals surface area contributed by atoms with Crippen molar-refractivity contribution in [2.24, 2.45) is 5.10 Å². The van der Waals surface area contributed by atoms with E-state index in [0.29, 0.717) is 20.6 Å². The lowest BCUT2D eigenvalue weighted by molar-refractivity contribution is -0.145. The minimum atomic E-state index is -4.55. The Morgan fingerprint density at radius 2 is 1.97 bits per heavy atom. The number of carbonyl (C=O) groups is 2. The predicted molar refractivity (Wildman–Crippen MR) is 114 cm³/mol. The number of esters is 1. The number of halogens is 4. The van der Waals surface area contributed by atoms with Gasteiger partial charge in [0.25, 0.3) is 5.91 Å². The van der Waals surface area contributed by atoms with Crippen molar-refractivity contribution >= 4 is 40.7 Å². The molecule has 0 aliphatic heterocycles. The maximum atomic E-state index is 12.8. The van der Waals surface area contributed by atoms with Crippen molar-refractivity contribution in [1.82, 2.24) is 5.43 Å². The minimum absolute atomic E-state index is 0.179. The van der Waals surface area contributed by atoms with E-state index in [1.54, 1.807) is 19.1 Å². The zero-order valence-corrected chi connectivity index (χ0v) is 18.6. The minimum Gasteiger partial charge on any atom is -0.493 e. The standard InChI is InChI=1S/C20H18F3IN2O5/c1-3-30-17(27)11-31-18-15(24)7-12(8-16(18)29-2)10-25-26-19(28)13-5-4-6-14(9-13)20(21,22)23/h4-10H,3,11H2,1-2H3,(H,26,28)/b25-10-. The molecule has 1 N–H and O–H groups in total. The normalized spacial score (nSPS) is 11.3. The quantitative estimate of drug-likeness (QED) is 0.232. The number of hydrogen-bond donors (Lipinski definition) is 1. The summed E-state index contributed by atoms with van der Waals surface area (Å²) in [5.74, 6) is -0.662. The van der Waals surface area contributed by atoms with Crippen LogP contribution in [0.1, 0.15) is 28.4 Å². The summed E-state index contributed by atoms with van der Waals surface area (Å²) >= 11 is 1.98. The molecule has 7 nitrogen and oxygen atoms in total. The molecule has 2 rings (SSSR count). The molecule has 1 amide bonds. The fourth-order valence-electron chi connectivity index (χ4n) is 2.35. The lowest BCUT2D eigenvalue weighted by Crippen LogP contribution is -2.18. The van der Waals surface area contributed by atoms with E-state index >= 15 is 0 Å². The maximum Gasteiger partial charge on any atom is 0.416 e. The first-order valence-corrected chi connectivity index (χ1v) is 9.90. The summed E-state index contributed by atoms with van der Waals surface area (Å²) in [4.78, 5) is 23.6. The van der Waals surface area contributed by atoms with Gasteiger partial charge in [0.2, 0.25) is 0 Å². The van der Waals surface area contributed by atoms with Gasteiger partial charge in [-0.15, -0.1) is 0 Å². The molecule has 166 valence electrons. The number of methoxy groups -OCH3 is 1. The van der Waals surface area contributed by atoms with Gasteiger partial charge in [-0.25, -0.2) is 10.2 Å². The highest BCUT2D eigenvalue weighted by Crippen LogP contribution is 2.33. The van der Waals surface area contributed by atoms with Crippen LogP contribution < -0.4 is 14.9 Å². The zero-order valence-electron chi connectivity index (χ0n) is 16.5. The van der Waals surface area contributed by atoms with Gasteiger partial charge in [0.1, 0.15) is 0 Å². The summed E-state index contributed by atoms with van der Waals surface area (Å²) in [5, 5.41) is 3.77. The van der Waals surface area contributed by atoms with Crippen molar-refractivity contribution in [3.8, 4) is 11.5 Å². The van der Waals surface area contributed by atoms with Crippen LogP contribution in [0, 0.1) is 3.57 Å². The molecular formula is C20H18F3IN2O5. The molecule has 0 saturated carbocycles.